The number of methoxy groups -OCH3 is 1. The van der Waals surface area contributed by atoms with E-state index in [4.69, 9.17) is 10.3 Å². The highest BCUT2D eigenvalue weighted by Crippen LogP contribution is 2.27. The molecule has 1 fully saturated rings. The molecule has 102 valence electrons. The third-order valence-electron chi connectivity index (χ3n) is 3.40. The minimum Gasteiger partial charge on any atom is -0.376 e. The summed E-state index contributed by atoms with van der Waals surface area (Å²) in [6.07, 6.45) is 0.676. The Morgan fingerprint density at radius 3 is 2.53 bits per heavy atom. The lowest BCUT2D eigenvalue weighted by atomic mass is 10.0. The summed E-state index contributed by atoms with van der Waals surface area (Å²) in [5.41, 5.74) is 10.4. The molecule has 0 radical (unpaired) electrons. The van der Waals surface area contributed by atoms with E-state index in [0.717, 1.165) is 24.3 Å². The topological polar surface area (TPSA) is 61.2 Å². The van der Waals surface area contributed by atoms with E-state index < -0.39 is 18.8 Å². The van der Waals surface area contributed by atoms with Gasteiger partial charge in [-0.3, -0.25) is 4.39 Å². The first-order valence-corrected chi connectivity index (χ1v) is 6.28. The Morgan fingerprint density at radius 2 is 2.11 bits per heavy atom. The van der Waals surface area contributed by atoms with Crippen LogP contribution in [0.3, 0.4) is 0 Å². The molecule has 19 heavy (non-hydrogen) atoms. The van der Waals surface area contributed by atoms with Gasteiger partial charge >= 0.3 is 0 Å². The zero-order chi connectivity index (χ0) is 13.7. The molecular formula is C13H17FN4O. The van der Waals surface area contributed by atoms with E-state index in [9.17, 15) is 4.39 Å². The van der Waals surface area contributed by atoms with Crippen molar-refractivity contribution in [1.82, 2.24) is 0 Å². The van der Waals surface area contributed by atoms with Crippen molar-refractivity contribution >= 4 is 5.69 Å². The van der Waals surface area contributed by atoms with Crippen molar-refractivity contribution in [1.29, 1.82) is 0 Å². The van der Waals surface area contributed by atoms with Gasteiger partial charge in [0.2, 0.25) is 0 Å². The molecule has 0 aliphatic carbocycles. The highest BCUT2D eigenvalue weighted by molar-refractivity contribution is 5.49. The van der Waals surface area contributed by atoms with E-state index in [0.29, 0.717) is 0 Å². The van der Waals surface area contributed by atoms with Crippen LogP contribution in [0.25, 0.3) is 10.4 Å². The second kappa shape index (κ2) is 6.41. The van der Waals surface area contributed by atoms with Crippen LogP contribution in [0.1, 0.15) is 18.1 Å². The molecule has 1 saturated heterocycles. The standard InChI is InChI=1S/C13H17FN4O/c1-19-13(12(9-14)16-17-15)10-3-5-11(6-4-10)18-7-2-8-18/h3-6,12-13H,2,7-9H2,1H3/t12-,13-/m1/s1. The van der Waals surface area contributed by atoms with Crippen molar-refractivity contribution in [3.63, 3.8) is 0 Å². The summed E-state index contributed by atoms with van der Waals surface area (Å²) < 4.78 is 18.1. The summed E-state index contributed by atoms with van der Waals surface area (Å²) in [5.74, 6) is 0. The van der Waals surface area contributed by atoms with Crippen molar-refractivity contribution in [2.24, 2.45) is 5.11 Å². The number of benzene rings is 1. The number of halogens is 1. The largest absolute Gasteiger partial charge is 0.376 e. The maximum absolute atomic E-state index is 12.9. The highest BCUT2D eigenvalue weighted by Gasteiger charge is 2.22. The van der Waals surface area contributed by atoms with Crippen LogP contribution in [0.5, 0.6) is 0 Å². The molecule has 6 heteroatoms. The predicted octanol–water partition coefficient (Wildman–Crippen LogP) is 3.23. The Morgan fingerprint density at radius 1 is 1.42 bits per heavy atom. The van der Waals surface area contributed by atoms with Gasteiger partial charge in [-0.05, 0) is 29.6 Å². The summed E-state index contributed by atoms with van der Waals surface area (Å²) >= 11 is 0. The van der Waals surface area contributed by atoms with Crippen molar-refractivity contribution in [2.75, 3.05) is 31.8 Å². The average Bonchev–Trinajstić information content (AvgIpc) is 2.38. The normalized spacial score (nSPS) is 17.3. The Bertz CT molecular complexity index is 454. The van der Waals surface area contributed by atoms with Crippen LogP contribution in [-0.4, -0.2) is 32.9 Å². The lowest BCUT2D eigenvalue weighted by molar-refractivity contribution is 0.0722. The molecule has 0 saturated carbocycles. The fraction of sp³-hybridized carbons (Fsp3) is 0.538. The van der Waals surface area contributed by atoms with Gasteiger partial charge in [0.25, 0.3) is 0 Å². The van der Waals surface area contributed by atoms with Crippen LogP contribution >= 0.6 is 0 Å². The first kappa shape index (κ1) is 13.6. The zero-order valence-corrected chi connectivity index (χ0v) is 10.9. The maximum Gasteiger partial charge on any atom is 0.101 e. The van der Waals surface area contributed by atoms with Gasteiger partial charge in [-0.15, -0.1) is 0 Å². The monoisotopic (exact) mass is 264 g/mol. The number of rotatable bonds is 6. The minimum atomic E-state index is -0.829. The van der Waals surface area contributed by atoms with Crippen LogP contribution < -0.4 is 4.90 Å². The van der Waals surface area contributed by atoms with Crippen LogP contribution in [-0.2, 0) is 4.74 Å². The van der Waals surface area contributed by atoms with Gasteiger partial charge in [-0.1, -0.05) is 17.2 Å². The van der Waals surface area contributed by atoms with Crippen molar-refractivity contribution in [3.05, 3.63) is 40.3 Å². The molecule has 1 aliphatic heterocycles. The Labute approximate surface area is 111 Å². The molecule has 1 aliphatic rings. The summed E-state index contributed by atoms with van der Waals surface area (Å²) in [6, 6.07) is 6.96. The number of ether oxygens (including phenoxy) is 1. The molecule has 1 aromatic carbocycles. The number of hydrogen-bond donors (Lipinski definition) is 0. The summed E-state index contributed by atoms with van der Waals surface area (Å²) in [4.78, 5) is 4.94. The van der Waals surface area contributed by atoms with E-state index in [1.165, 1.54) is 13.5 Å². The molecule has 0 bridgehead atoms. The molecule has 2 rings (SSSR count). The smallest absolute Gasteiger partial charge is 0.101 e. The van der Waals surface area contributed by atoms with E-state index in [-0.39, 0.29) is 0 Å². The zero-order valence-electron chi connectivity index (χ0n) is 10.9. The molecule has 2 atom stereocenters. The van der Waals surface area contributed by atoms with Gasteiger partial charge in [0, 0.05) is 30.8 Å². The summed E-state index contributed by atoms with van der Waals surface area (Å²) in [5, 5.41) is 3.45. The number of azide groups is 1. The van der Waals surface area contributed by atoms with Crippen molar-refractivity contribution < 1.29 is 9.13 Å². The van der Waals surface area contributed by atoms with Gasteiger partial charge in [-0.2, -0.15) is 0 Å². The predicted molar refractivity (Wildman–Crippen MR) is 71.9 cm³/mol. The van der Waals surface area contributed by atoms with Gasteiger partial charge in [0.15, 0.2) is 0 Å². The fourth-order valence-electron chi connectivity index (χ4n) is 2.20. The summed E-state index contributed by atoms with van der Waals surface area (Å²) in [6.45, 7) is 1.42. The molecular weight excluding hydrogens is 247 g/mol. The molecule has 1 heterocycles. The molecule has 0 unspecified atom stereocenters. The first-order valence-electron chi connectivity index (χ1n) is 6.28. The molecule has 0 spiro atoms. The third-order valence-corrected chi connectivity index (χ3v) is 3.40. The van der Waals surface area contributed by atoms with Crippen LogP contribution in [0, 0.1) is 0 Å². The third kappa shape index (κ3) is 2.97. The lowest BCUT2D eigenvalue weighted by Crippen LogP contribution is -2.36. The fourth-order valence-corrected chi connectivity index (χ4v) is 2.20. The minimum absolute atomic E-state index is 0.550. The lowest BCUT2D eigenvalue weighted by Gasteiger charge is -2.33. The van der Waals surface area contributed by atoms with E-state index in [1.807, 2.05) is 24.3 Å². The van der Waals surface area contributed by atoms with Crippen molar-refractivity contribution in [2.45, 2.75) is 18.6 Å². The van der Waals surface area contributed by atoms with Crippen LogP contribution in [0.15, 0.2) is 29.4 Å². The SMILES string of the molecule is CO[C@H](c1ccc(N2CCC2)cc1)[C@@H](CF)N=[N+]=[N-]. The Kier molecular flexibility index (Phi) is 4.60. The molecule has 0 aromatic heterocycles. The van der Waals surface area contributed by atoms with Crippen LogP contribution in [0.4, 0.5) is 10.1 Å². The highest BCUT2D eigenvalue weighted by atomic mass is 19.1. The molecule has 0 amide bonds. The number of alkyl halides is 1. The van der Waals surface area contributed by atoms with E-state index in [2.05, 4.69) is 14.9 Å². The van der Waals surface area contributed by atoms with Crippen molar-refractivity contribution in [3.8, 4) is 0 Å². The van der Waals surface area contributed by atoms with Gasteiger partial charge < -0.3 is 9.64 Å². The second-order valence-corrected chi connectivity index (χ2v) is 4.52. The summed E-state index contributed by atoms with van der Waals surface area (Å²) in [7, 11) is 1.49. The first-order chi connectivity index (χ1) is 9.30. The Hall–Kier alpha value is -1.78. The number of nitrogens with zero attached hydrogens (tertiary/aromatic N) is 4. The molecule has 1 aromatic rings. The number of anilines is 1. The van der Waals surface area contributed by atoms with Gasteiger partial charge in [-0.25, -0.2) is 0 Å². The van der Waals surface area contributed by atoms with Crippen LogP contribution in [0.2, 0.25) is 0 Å². The second-order valence-electron chi connectivity index (χ2n) is 4.52. The molecule has 0 N–H and O–H groups in total. The Balaban J connectivity index is 2.15. The average molecular weight is 264 g/mol. The van der Waals surface area contributed by atoms with Gasteiger partial charge in [0.05, 0.1) is 12.1 Å². The molecule has 5 nitrogen and oxygen atoms in total. The number of hydrogen-bond acceptors (Lipinski definition) is 3. The van der Waals surface area contributed by atoms with Gasteiger partial charge in [0.1, 0.15) is 6.67 Å². The van der Waals surface area contributed by atoms with E-state index >= 15 is 0 Å². The maximum atomic E-state index is 12.9. The quantitative estimate of drug-likeness (QED) is 0.450. The van der Waals surface area contributed by atoms with E-state index in [1.54, 1.807) is 0 Å².